The number of benzene rings is 24. The smallest absolute Gasteiger partial charge is 0.147 e. The fourth-order valence-corrected chi connectivity index (χ4v) is 20.7. The van der Waals surface area contributed by atoms with Crippen LogP contribution in [-0.2, 0) is 0 Å². The summed E-state index contributed by atoms with van der Waals surface area (Å²) in [5.41, 5.74) is 13.3. The van der Waals surface area contributed by atoms with Crippen molar-refractivity contribution < 1.29 is 45.0 Å². The Morgan fingerprint density at radius 2 is 0.496 bits per heavy atom. The van der Waals surface area contributed by atoms with E-state index in [0.29, 0.717) is 126 Å². The molecule has 0 heterocycles. The summed E-state index contributed by atoms with van der Waals surface area (Å²) in [5, 5.41) is 7.55. The molecule has 0 radical (unpaired) electrons. The summed E-state index contributed by atoms with van der Waals surface area (Å²) < 4.78 is 254. The maximum atomic E-state index is 18.0. The minimum Gasteiger partial charge on any atom is -0.307 e. The number of halogens is 4. The van der Waals surface area contributed by atoms with Gasteiger partial charge in [0, 0.05) is 56.2 Å². The van der Waals surface area contributed by atoms with E-state index in [1.54, 1.807) is 36.4 Å². The van der Waals surface area contributed by atoms with E-state index in [1.807, 2.05) is 330 Å². The summed E-state index contributed by atoms with van der Waals surface area (Å²) in [5.74, 6) is -5.45. The highest BCUT2D eigenvalue weighted by atomic mass is 19.1. The molecule has 0 aliphatic heterocycles. The van der Waals surface area contributed by atoms with Gasteiger partial charge >= 0.3 is 0 Å². The summed E-state index contributed by atoms with van der Waals surface area (Å²) >= 11 is 0. The van der Waals surface area contributed by atoms with Crippen molar-refractivity contribution in [3.05, 3.63) is 564 Å². The lowest BCUT2D eigenvalue weighted by molar-refractivity contribution is 0.608. The highest BCUT2D eigenvalue weighted by Gasteiger charge is 2.35. The second-order valence-corrected chi connectivity index (χ2v) is 34.6. The molecule has 2 unspecified atom stereocenters. The van der Waals surface area contributed by atoms with Crippen molar-refractivity contribution in [2.45, 2.75) is 32.6 Å². The third-order valence-electron chi connectivity index (χ3n) is 26.8. The summed E-state index contributed by atoms with van der Waals surface area (Å²) in [6.07, 6.45) is 0. The molecule has 24 rings (SSSR count). The first kappa shape index (κ1) is 66.1. The van der Waals surface area contributed by atoms with Gasteiger partial charge in [-0.15, -0.1) is 0 Å². The minimum atomic E-state index is -1.33. The maximum absolute atomic E-state index is 18.0. The number of hydrogen-bond acceptors (Lipinski definition) is 2. The molecule has 0 aliphatic carbocycles. The lowest BCUT2D eigenvalue weighted by Crippen LogP contribution is -2.14. The fourth-order valence-electron chi connectivity index (χ4n) is 20.7. The minimum absolute atomic E-state index is 0.0574. The van der Waals surface area contributed by atoms with Crippen LogP contribution in [0.3, 0.4) is 0 Å². The van der Waals surface area contributed by atoms with Crippen molar-refractivity contribution in [1.82, 2.24) is 0 Å². The Balaban J connectivity index is 0.000000172. The molecule has 0 spiro atoms. The summed E-state index contributed by atoms with van der Waals surface area (Å²) in [4.78, 5) is 2.89. The van der Waals surface area contributed by atoms with Gasteiger partial charge in [-0.2, -0.15) is 0 Å². The van der Waals surface area contributed by atoms with Gasteiger partial charge in [0.05, 0.1) is 50.2 Å². The van der Waals surface area contributed by atoms with E-state index >= 15 is 17.6 Å². The molecule has 0 bridgehead atoms. The van der Waals surface area contributed by atoms with Crippen LogP contribution in [0.5, 0.6) is 0 Å². The zero-order chi connectivity index (χ0) is 111. The monoisotopic (exact) mass is 1810 g/mol. The van der Waals surface area contributed by atoms with Crippen LogP contribution in [0, 0.1) is 44.0 Å². The third kappa shape index (κ3) is 15.5. The third-order valence-corrected chi connectivity index (χ3v) is 26.8. The Labute approximate surface area is 835 Å². The van der Waals surface area contributed by atoms with E-state index in [1.165, 1.54) is 34.1 Å². The Morgan fingerprint density at radius 1 is 0.216 bits per heavy atom. The molecule has 0 fully saturated rings. The van der Waals surface area contributed by atoms with Gasteiger partial charge in [0.15, 0.2) is 0 Å². The lowest BCUT2D eigenvalue weighted by atomic mass is 9.76. The summed E-state index contributed by atoms with van der Waals surface area (Å²) in [7, 11) is 0. The molecular weight excluding hydrogens is 1700 g/mol. The van der Waals surface area contributed by atoms with E-state index in [4.69, 9.17) is 16.4 Å². The second kappa shape index (κ2) is 36.8. The molecule has 0 amide bonds. The summed E-state index contributed by atoms with van der Waals surface area (Å²) in [6.45, 7) is 5.84. The van der Waals surface area contributed by atoms with Gasteiger partial charge in [-0.3, -0.25) is 0 Å². The number of hydrogen-bond donors (Lipinski definition) is 0. The molecule has 24 aromatic rings. The average Bonchev–Trinajstić information content (AvgIpc) is 0.713. The molecule has 662 valence electrons. The van der Waals surface area contributed by atoms with Crippen LogP contribution >= 0.6 is 0 Å². The Kier molecular flexibility index (Phi) is 17.5. The van der Waals surface area contributed by atoms with Crippen molar-refractivity contribution in [2.24, 2.45) is 0 Å². The first-order valence-electron chi connectivity index (χ1n) is 55.8. The van der Waals surface area contributed by atoms with Gasteiger partial charge in [0.2, 0.25) is 0 Å². The first-order valence-corrected chi connectivity index (χ1v) is 45.8. The highest BCUT2D eigenvalue weighted by molar-refractivity contribution is 6.28. The predicted molar refractivity (Wildman–Crippen MR) is 575 cm³/mol. The van der Waals surface area contributed by atoms with Crippen molar-refractivity contribution in [3.63, 3.8) is 0 Å². The lowest BCUT2D eigenvalue weighted by Gasteiger charge is -2.31. The molecule has 0 aromatic heterocycles. The number of nitrogens with zero attached hydrogens (tertiary/aromatic N) is 2. The number of anilines is 6. The average molecular weight is 1810 g/mol. The van der Waals surface area contributed by atoms with Crippen molar-refractivity contribution in [2.75, 3.05) is 9.80 Å². The quantitative estimate of drug-likeness (QED) is 0.0426. The Bertz CT molecular complexity index is 9660. The zero-order valence-corrected chi connectivity index (χ0v) is 75.3. The van der Waals surface area contributed by atoms with Crippen LogP contribution in [0.1, 0.15) is 89.3 Å². The first-order chi connectivity index (χ1) is 76.8. The maximum Gasteiger partial charge on any atom is 0.147 e. The molecule has 2 atom stereocenters. The van der Waals surface area contributed by atoms with E-state index < -0.39 is 156 Å². The van der Waals surface area contributed by atoms with Crippen LogP contribution in [0.4, 0.5) is 51.7 Å². The van der Waals surface area contributed by atoms with Crippen molar-refractivity contribution >= 4 is 98.8 Å². The van der Waals surface area contributed by atoms with E-state index in [-0.39, 0.29) is 56.4 Å². The van der Waals surface area contributed by atoms with Gasteiger partial charge in [-0.25, -0.2) is 17.6 Å². The molecule has 0 saturated carbocycles. The van der Waals surface area contributed by atoms with Crippen LogP contribution in [0.15, 0.2) is 491 Å². The normalized spacial score (nSPS) is 13.9. The van der Waals surface area contributed by atoms with E-state index in [2.05, 4.69) is 0 Å². The number of rotatable bonds is 20. The second-order valence-electron chi connectivity index (χ2n) is 34.6. The number of aryl methyl sites for hydroxylation is 3. The van der Waals surface area contributed by atoms with Gasteiger partial charge in [0.25, 0.3) is 0 Å². The van der Waals surface area contributed by atoms with Gasteiger partial charge in [-0.1, -0.05) is 430 Å². The van der Waals surface area contributed by atoms with E-state index in [0.717, 1.165) is 55.1 Å². The predicted octanol–water partition coefficient (Wildman–Crippen LogP) is 37.3. The molecule has 0 saturated heterocycles. The molecule has 0 N–H and O–H groups in total. The Hall–Kier alpha value is -17.3. The van der Waals surface area contributed by atoms with Gasteiger partial charge in [-0.05, 0) is 252 Å². The molecule has 2 nitrogen and oxygen atoms in total. The SMILES string of the molecule is [2H]c1c([2H])c([2H])c(C(c2c(F)ccc(-c3ccccc3)c2-c2ccccc2)c2ccc3ccc4c(N(c5c([2H])c([2H])c([2H])c([2H])c5[2H])c5c(F)ccc(-c6ccccc6)c5-c5ccccc5)ccc5ccc2c3c54)c([2H])c1[2H].[2H]c1c([2H])c([2H])c(C(c2c(F)ccc(-c3ccccc3C)c2-c2ccccc2)c2ccc3ccc4c(N(c5c([2H])c([2H])c([2H])c([2H])c5[2H])c5c(F)ccc(-c6ccccc6C)c5-c5ccccc5C)ccc5ccc2c3c54)c([2H])c1[2H]. The molecule has 0 aliphatic rings. The van der Waals surface area contributed by atoms with E-state index in [9.17, 15) is 11.0 Å². The van der Waals surface area contributed by atoms with Crippen LogP contribution < -0.4 is 9.80 Å². The van der Waals surface area contributed by atoms with Crippen molar-refractivity contribution in [1.29, 1.82) is 0 Å². The van der Waals surface area contributed by atoms with Crippen LogP contribution in [0.2, 0.25) is 0 Å². The fraction of sp³-hybridized carbons (Fsp3) is 0.0376. The van der Waals surface area contributed by atoms with Crippen molar-refractivity contribution in [3.8, 4) is 89.0 Å². The molecule has 6 heteroatoms. The van der Waals surface area contributed by atoms with Gasteiger partial charge < -0.3 is 9.80 Å². The standard InChI is InChI=1S/C68H49F2N.C65H43F2N/c1-43-19-13-16-28-51(43)54-38-40-59(69)67(63(54)46-22-7-4-8-23-46)64(47-24-9-5-10-25-47)57-36-31-48-33-37-58-61(42-34-49-32-35-56(57)62(48)65(49)58)71(50-26-11-6-12-27-50)68-60(70)41-39-55(52-29-17-14-20-44(52)2)66(68)53-30-18-15-21-45(53)3;66-56-40-38-51(43-19-7-1-8-20-43)59(45-23-11-3-12-24-45)64(56)61(46-25-13-4-14-26-46)54-36-31-48-33-37-55-58(42-34-49-32-35-53(54)60(48)62(49)55)68(50-29-17-6-18-30-50)65-57(67)41-39-52(44-21-9-2-10-22-44)63(65)47-27-15-5-16-28-47/h4-42,64H,1-3H3;1-42,61H/i5D,6D,9D,10D,11D,12D,24D,25D,26D,27D;4D,6D,13D,14D,17D,18D,25D,26D,29D,30D. The molecule has 24 aromatic carbocycles. The zero-order valence-electron chi connectivity index (χ0n) is 95.3. The van der Waals surface area contributed by atoms with Crippen LogP contribution in [0.25, 0.3) is 154 Å². The number of para-hydroxylation sites is 2. The molecular formula is C133H92F4N2. The van der Waals surface area contributed by atoms with Gasteiger partial charge in [0.1, 0.15) is 23.3 Å². The van der Waals surface area contributed by atoms with Crippen LogP contribution in [-0.4, -0.2) is 0 Å². The Morgan fingerprint density at radius 3 is 0.885 bits per heavy atom. The largest absolute Gasteiger partial charge is 0.307 e. The summed E-state index contributed by atoms with van der Waals surface area (Å²) in [6, 6.07) is 100.0. The highest BCUT2D eigenvalue weighted by Crippen LogP contribution is 2.57. The topological polar surface area (TPSA) is 6.48 Å². The molecule has 139 heavy (non-hydrogen) atoms.